The number of hydrogen-bond donors (Lipinski definition) is 1. The van der Waals surface area contributed by atoms with Crippen LogP contribution in [0.15, 0.2) is 42.7 Å². The first kappa shape index (κ1) is 16.7. The molecule has 3 rings (SSSR count). The van der Waals surface area contributed by atoms with E-state index in [1.165, 1.54) is 0 Å². The second-order valence-corrected chi connectivity index (χ2v) is 6.32. The first-order valence-corrected chi connectivity index (χ1v) is 8.39. The lowest BCUT2D eigenvalue weighted by Crippen LogP contribution is -2.50. The molecular formula is C18H24N4O2. The molecule has 6 nitrogen and oxygen atoms in total. The Morgan fingerprint density at radius 3 is 2.50 bits per heavy atom. The summed E-state index contributed by atoms with van der Waals surface area (Å²) in [7, 11) is 0. The highest BCUT2D eigenvalue weighted by molar-refractivity contribution is 5.79. The number of aliphatic hydroxyl groups excluding tert-OH is 1. The first-order valence-electron chi connectivity index (χ1n) is 8.39. The van der Waals surface area contributed by atoms with E-state index in [-0.39, 0.29) is 12.0 Å². The molecular weight excluding hydrogens is 304 g/mol. The van der Waals surface area contributed by atoms with Gasteiger partial charge in [-0.15, -0.1) is 0 Å². The summed E-state index contributed by atoms with van der Waals surface area (Å²) in [6.45, 7) is 5.60. The normalized spacial score (nSPS) is 17.0. The largest absolute Gasteiger partial charge is 0.392 e. The molecule has 1 fully saturated rings. The molecule has 1 aliphatic heterocycles. The van der Waals surface area contributed by atoms with E-state index in [2.05, 4.69) is 10.00 Å². The lowest BCUT2D eigenvalue weighted by atomic mass is 10.1. The third kappa shape index (κ3) is 4.21. The number of β-amino-alcohol motifs (C(OH)–C–C–N with tert-alkyl or cyclic N) is 1. The standard InChI is InChI=1S/C18H24N4O2/c1-15(23)14-20-9-11-21(12-10-20)18(24)13-16-3-5-17(6-4-16)22-8-2-7-19-22/h2-8,15,23H,9-14H2,1H3/t15-/m1/s1. The summed E-state index contributed by atoms with van der Waals surface area (Å²) in [5.41, 5.74) is 2.00. The molecule has 2 heterocycles. The summed E-state index contributed by atoms with van der Waals surface area (Å²) >= 11 is 0. The van der Waals surface area contributed by atoms with Gasteiger partial charge >= 0.3 is 0 Å². The van der Waals surface area contributed by atoms with Gasteiger partial charge in [-0.25, -0.2) is 4.68 Å². The van der Waals surface area contributed by atoms with E-state index in [9.17, 15) is 9.90 Å². The van der Waals surface area contributed by atoms with Gasteiger partial charge in [-0.3, -0.25) is 9.69 Å². The molecule has 1 atom stereocenters. The molecule has 1 amide bonds. The first-order chi connectivity index (χ1) is 11.6. The average Bonchev–Trinajstić information content (AvgIpc) is 3.10. The number of amides is 1. The van der Waals surface area contributed by atoms with Gasteiger partial charge in [0.25, 0.3) is 0 Å². The van der Waals surface area contributed by atoms with Gasteiger partial charge in [0.2, 0.25) is 5.91 Å². The molecule has 6 heteroatoms. The predicted octanol–water partition coefficient (Wildman–Crippen LogP) is 0.940. The summed E-state index contributed by atoms with van der Waals surface area (Å²) in [5, 5.41) is 13.6. The Morgan fingerprint density at radius 1 is 1.21 bits per heavy atom. The SMILES string of the molecule is C[C@@H](O)CN1CCN(C(=O)Cc2ccc(-n3cccn3)cc2)CC1. The molecule has 1 aliphatic rings. The number of benzene rings is 1. The van der Waals surface area contributed by atoms with E-state index in [1.54, 1.807) is 17.8 Å². The third-order valence-corrected chi connectivity index (χ3v) is 4.31. The quantitative estimate of drug-likeness (QED) is 0.887. The number of hydrogen-bond acceptors (Lipinski definition) is 4. The maximum absolute atomic E-state index is 12.5. The molecule has 0 unspecified atom stereocenters. The van der Waals surface area contributed by atoms with E-state index >= 15 is 0 Å². The van der Waals surface area contributed by atoms with Crippen molar-refractivity contribution in [3.8, 4) is 5.69 Å². The summed E-state index contributed by atoms with van der Waals surface area (Å²) in [6.07, 6.45) is 3.75. The molecule has 128 valence electrons. The Kier molecular flexibility index (Phi) is 5.27. The van der Waals surface area contributed by atoms with Crippen LogP contribution in [-0.4, -0.2) is 69.4 Å². The summed E-state index contributed by atoms with van der Waals surface area (Å²) in [5.74, 6) is 0.165. The zero-order valence-electron chi connectivity index (χ0n) is 14.0. The predicted molar refractivity (Wildman–Crippen MR) is 92.0 cm³/mol. The van der Waals surface area contributed by atoms with Gasteiger partial charge in [-0.05, 0) is 30.7 Å². The summed E-state index contributed by atoms with van der Waals surface area (Å²) in [4.78, 5) is 16.6. The van der Waals surface area contributed by atoms with Crippen molar-refractivity contribution in [3.05, 3.63) is 48.3 Å². The fourth-order valence-electron chi connectivity index (χ4n) is 3.03. The van der Waals surface area contributed by atoms with Gasteiger partial charge in [0.15, 0.2) is 0 Å². The smallest absolute Gasteiger partial charge is 0.227 e. The van der Waals surface area contributed by atoms with E-state index in [0.29, 0.717) is 13.0 Å². The van der Waals surface area contributed by atoms with Crippen LogP contribution in [0.2, 0.25) is 0 Å². The zero-order chi connectivity index (χ0) is 16.9. The monoisotopic (exact) mass is 328 g/mol. The maximum atomic E-state index is 12.5. The summed E-state index contributed by atoms with van der Waals surface area (Å²) < 4.78 is 1.80. The fourth-order valence-corrected chi connectivity index (χ4v) is 3.03. The molecule has 1 aromatic heterocycles. The second-order valence-electron chi connectivity index (χ2n) is 6.32. The lowest BCUT2D eigenvalue weighted by Gasteiger charge is -2.35. The van der Waals surface area contributed by atoms with Gasteiger partial charge < -0.3 is 10.0 Å². The minimum atomic E-state index is -0.319. The number of nitrogens with zero attached hydrogens (tertiary/aromatic N) is 4. The fraction of sp³-hybridized carbons (Fsp3) is 0.444. The van der Waals surface area contributed by atoms with E-state index in [0.717, 1.165) is 37.4 Å². The van der Waals surface area contributed by atoms with Gasteiger partial charge in [0.05, 0.1) is 18.2 Å². The van der Waals surface area contributed by atoms with Gasteiger partial charge in [-0.2, -0.15) is 5.10 Å². The Morgan fingerprint density at radius 2 is 1.92 bits per heavy atom. The van der Waals surface area contributed by atoms with Crippen LogP contribution < -0.4 is 0 Å². The van der Waals surface area contributed by atoms with Crippen molar-refractivity contribution in [3.63, 3.8) is 0 Å². The second kappa shape index (κ2) is 7.59. The number of aromatic nitrogens is 2. The summed E-state index contributed by atoms with van der Waals surface area (Å²) in [6, 6.07) is 9.82. The van der Waals surface area contributed by atoms with Crippen LogP contribution in [0.3, 0.4) is 0 Å². The van der Waals surface area contributed by atoms with Crippen molar-refractivity contribution in [2.75, 3.05) is 32.7 Å². The van der Waals surface area contributed by atoms with Crippen molar-refractivity contribution < 1.29 is 9.90 Å². The number of rotatable bonds is 5. The topological polar surface area (TPSA) is 61.6 Å². The molecule has 0 spiro atoms. The minimum absolute atomic E-state index is 0.165. The Hall–Kier alpha value is -2.18. The highest BCUT2D eigenvalue weighted by Gasteiger charge is 2.21. The Bertz CT molecular complexity index is 644. The highest BCUT2D eigenvalue weighted by atomic mass is 16.3. The Balaban J connectivity index is 1.52. The molecule has 0 bridgehead atoms. The van der Waals surface area contributed by atoms with Crippen LogP contribution in [-0.2, 0) is 11.2 Å². The van der Waals surface area contributed by atoms with Crippen molar-refractivity contribution in [1.29, 1.82) is 0 Å². The van der Waals surface area contributed by atoms with Gasteiger partial charge in [0.1, 0.15) is 0 Å². The van der Waals surface area contributed by atoms with Crippen LogP contribution in [0.25, 0.3) is 5.69 Å². The number of aliphatic hydroxyl groups is 1. The van der Waals surface area contributed by atoms with Crippen LogP contribution >= 0.6 is 0 Å². The van der Waals surface area contributed by atoms with Gasteiger partial charge in [-0.1, -0.05) is 12.1 Å². The van der Waals surface area contributed by atoms with Gasteiger partial charge in [0, 0.05) is 45.1 Å². The van der Waals surface area contributed by atoms with Crippen molar-refractivity contribution in [1.82, 2.24) is 19.6 Å². The average molecular weight is 328 g/mol. The molecule has 1 N–H and O–H groups in total. The molecule has 1 aromatic carbocycles. The zero-order valence-corrected chi connectivity index (χ0v) is 14.0. The van der Waals surface area contributed by atoms with Crippen molar-refractivity contribution >= 4 is 5.91 Å². The van der Waals surface area contributed by atoms with Crippen LogP contribution in [0.4, 0.5) is 0 Å². The third-order valence-electron chi connectivity index (χ3n) is 4.31. The van der Waals surface area contributed by atoms with E-state index in [1.807, 2.05) is 41.4 Å². The molecule has 0 saturated carbocycles. The van der Waals surface area contributed by atoms with E-state index in [4.69, 9.17) is 0 Å². The van der Waals surface area contributed by atoms with E-state index < -0.39 is 0 Å². The number of piperazine rings is 1. The van der Waals surface area contributed by atoms with Crippen molar-refractivity contribution in [2.24, 2.45) is 0 Å². The van der Waals surface area contributed by atoms with Crippen molar-refractivity contribution in [2.45, 2.75) is 19.4 Å². The maximum Gasteiger partial charge on any atom is 0.227 e. The minimum Gasteiger partial charge on any atom is -0.392 e. The molecule has 2 aromatic rings. The van der Waals surface area contributed by atoms with Crippen LogP contribution in [0, 0.1) is 0 Å². The number of carbonyl (C=O) groups is 1. The molecule has 0 radical (unpaired) electrons. The highest BCUT2D eigenvalue weighted by Crippen LogP contribution is 2.11. The lowest BCUT2D eigenvalue weighted by molar-refractivity contribution is -0.132. The Labute approximate surface area is 142 Å². The van der Waals surface area contributed by atoms with Crippen LogP contribution in [0.1, 0.15) is 12.5 Å². The number of carbonyl (C=O) groups excluding carboxylic acids is 1. The molecule has 0 aliphatic carbocycles. The molecule has 1 saturated heterocycles. The van der Waals surface area contributed by atoms with Crippen LogP contribution in [0.5, 0.6) is 0 Å². The molecule has 24 heavy (non-hydrogen) atoms.